The molecule has 0 atom stereocenters. The molecule has 0 amide bonds. The Bertz CT molecular complexity index is 275. The van der Waals surface area contributed by atoms with Crippen LogP contribution in [0.3, 0.4) is 0 Å². The Labute approximate surface area is 70.0 Å². The summed E-state index contributed by atoms with van der Waals surface area (Å²) in [5, 5.41) is -0.226. The zero-order chi connectivity index (χ0) is 8.27. The van der Waals surface area contributed by atoms with Crippen molar-refractivity contribution in [1.29, 1.82) is 0 Å². The number of nitrogens with two attached hydrogens (primary N) is 1. The van der Waals surface area contributed by atoms with E-state index in [1.165, 1.54) is 0 Å². The number of aromatic nitrogens is 1. The van der Waals surface area contributed by atoms with Gasteiger partial charge in [0, 0.05) is 6.20 Å². The van der Waals surface area contributed by atoms with Gasteiger partial charge in [-0.1, -0.05) is 0 Å². The van der Waals surface area contributed by atoms with Crippen LogP contribution in [0.15, 0.2) is 18.3 Å². The molecule has 0 bridgehead atoms. The highest BCUT2D eigenvalue weighted by Crippen LogP contribution is 2.08. The predicted molar refractivity (Wildman–Crippen MR) is 46.3 cm³/mol. The van der Waals surface area contributed by atoms with Crippen LogP contribution >= 0.6 is 12.6 Å². The van der Waals surface area contributed by atoms with Gasteiger partial charge in [-0.2, -0.15) is 0 Å². The molecule has 1 rings (SSSR count). The van der Waals surface area contributed by atoms with Gasteiger partial charge in [0.1, 0.15) is 0 Å². The van der Waals surface area contributed by atoms with Crippen molar-refractivity contribution in [3.05, 3.63) is 24.0 Å². The van der Waals surface area contributed by atoms with Crippen molar-refractivity contribution in [2.75, 3.05) is 5.73 Å². The molecule has 0 aliphatic rings. The molecular formula is C7H8N2OS. The fourth-order valence-electron chi connectivity index (χ4n) is 0.741. The van der Waals surface area contributed by atoms with Gasteiger partial charge in [0.15, 0.2) is 5.12 Å². The number of carbonyl (C=O) groups is 1. The highest BCUT2D eigenvalue weighted by molar-refractivity contribution is 7.96. The molecule has 0 saturated carbocycles. The van der Waals surface area contributed by atoms with E-state index in [4.69, 9.17) is 5.73 Å². The summed E-state index contributed by atoms with van der Waals surface area (Å²) in [7, 11) is 0. The molecular weight excluding hydrogens is 160 g/mol. The Kier molecular flexibility index (Phi) is 2.48. The van der Waals surface area contributed by atoms with Gasteiger partial charge < -0.3 is 5.73 Å². The third-order valence-corrected chi connectivity index (χ3v) is 1.40. The molecule has 0 radical (unpaired) electrons. The normalized spacial score (nSPS) is 9.55. The summed E-state index contributed by atoms with van der Waals surface area (Å²) < 4.78 is 0. The van der Waals surface area contributed by atoms with E-state index in [0.29, 0.717) is 11.4 Å². The Morgan fingerprint density at radius 2 is 2.45 bits per heavy atom. The third-order valence-electron chi connectivity index (χ3n) is 1.24. The molecule has 3 nitrogen and oxygen atoms in total. The van der Waals surface area contributed by atoms with E-state index in [-0.39, 0.29) is 11.5 Å². The maximum absolute atomic E-state index is 10.5. The van der Waals surface area contributed by atoms with Crippen molar-refractivity contribution in [3.63, 3.8) is 0 Å². The predicted octanol–water partition coefficient (Wildman–Crippen LogP) is 0.663. The molecule has 11 heavy (non-hydrogen) atoms. The Morgan fingerprint density at radius 1 is 1.73 bits per heavy atom. The molecule has 0 unspecified atom stereocenters. The number of thiol groups is 1. The van der Waals surface area contributed by atoms with Crippen molar-refractivity contribution in [3.8, 4) is 0 Å². The van der Waals surface area contributed by atoms with E-state index in [1.54, 1.807) is 18.3 Å². The average molecular weight is 168 g/mol. The number of nitrogens with zero attached hydrogens (tertiary/aromatic N) is 1. The van der Waals surface area contributed by atoms with Gasteiger partial charge in [-0.3, -0.25) is 9.78 Å². The summed E-state index contributed by atoms with van der Waals surface area (Å²) in [4.78, 5) is 14.5. The number of rotatable bonds is 2. The highest BCUT2D eigenvalue weighted by Gasteiger charge is 2.02. The lowest BCUT2D eigenvalue weighted by atomic mass is 10.2. The van der Waals surface area contributed by atoms with Gasteiger partial charge in [0.25, 0.3) is 0 Å². The number of anilines is 1. The molecule has 2 N–H and O–H groups in total. The van der Waals surface area contributed by atoms with Crippen molar-refractivity contribution < 1.29 is 4.79 Å². The standard InChI is InChI=1S/C7H8N2OS/c8-5-2-1-3-9-6(5)4-7(10)11/h1-3H,4,8H2,(H,10,11). The first-order valence-electron chi connectivity index (χ1n) is 3.11. The first kappa shape index (κ1) is 8.07. The van der Waals surface area contributed by atoms with Crippen LogP contribution in [0.4, 0.5) is 5.69 Å². The maximum atomic E-state index is 10.5. The van der Waals surface area contributed by atoms with Gasteiger partial charge >= 0.3 is 0 Å². The van der Waals surface area contributed by atoms with E-state index in [2.05, 4.69) is 17.6 Å². The molecule has 1 aromatic heterocycles. The molecule has 4 heteroatoms. The Hall–Kier alpha value is -1.03. The van der Waals surface area contributed by atoms with Crippen molar-refractivity contribution in [1.82, 2.24) is 4.98 Å². The largest absolute Gasteiger partial charge is 0.397 e. The first-order valence-corrected chi connectivity index (χ1v) is 3.56. The number of nitrogen functional groups attached to an aromatic ring is 1. The minimum absolute atomic E-state index is 0.190. The first-order chi connectivity index (χ1) is 5.20. The summed E-state index contributed by atoms with van der Waals surface area (Å²) >= 11 is 3.62. The summed E-state index contributed by atoms with van der Waals surface area (Å²) in [6.07, 6.45) is 1.79. The van der Waals surface area contributed by atoms with Crippen LogP contribution < -0.4 is 5.73 Å². The van der Waals surface area contributed by atoms with Crippen LogP contribution in [-0.2, 0) is 11.2 Å². The van der Waals surface area contributed by atoms with Gasteiger partial charge in [-0.25, -0.2) is 0 Å². The molecule has 0 saturated heterocycles. The fourth-order valence-corrected chi connectivity index (χ4v) is 0.891. The number of carbonyl (C=O) groups excluding carboxylic acids is 1. The Morgan fingerprint density at radius 3 is 3.00 bits per heavy atom. The smallest absolute Gasteiger partial charge is 0.191 e. The fraction of sp³-hybridized carbons (Fsp3) is 0.143. The zero-order valence-corrected chi connectivity index (χ0v) is 6.71. The van der Waals surface area contributed by atoms with Gasteiger partial charge in [-0.05, 0) is 12.1 Å². The highest BCUT2D eigenvalue weighted by atomic mass is 32.1. The lowest BCUT2D eigenvalue weighted by Gasteiger charge is -1.98. The van der Waals surface area contributed by atoms with Crippen LogP contribution in [0.5, 0.6) is 0 Å². The maximum Gasteiger partial charge on any atom is 0.191 e. The van der Waals surface area contributed by atoms with Crippen LogP contribution in [0.25, 0.3) is 0 Å². The van der Waals surface area contributed by atoms with E-state index in [0.717, 1.165) is 0 Å². The zero-order valence-electron chi connectivity index (χ0n) is 5.82. The van der Waals surface area contributed by atoms with Crippen LogP contribution in [0, 0.1) is 0 Å². The number of pyridine rings is 1. The van der Waals surface area contributed by atoms with Gasteiger partial charge in [0.05, 0.1) is 17.8 Å². The van der Waals surface area contributed by atoms with Crippen LogP contribution in [0.1, 0.15) is 5.69 Å². The molecule has 0 aliphatic carbocycles. The van der Waals surface area contributed by atoms with Gasteiger partial charge in [-0.15, -0.1) is 12.6 Å². The molecule has 0 spiro atoms. The lowest BCUT2D eigenvalue weighted by molar-refractivity contribution is -0.110. The third kappa shape index (κ3) is 2.23. The van der Waals surface area contributed by atoms with E-state index >= 15 is 0 Å². The van der Waals surface area contributed by atoms with E-state index in [1.807, 2.05) is 0 Å². The Balaban J connectivity index is 2.86. The number of hydrogen-bond acceptors (Lipinski definition) is 3. The molecule has 0 fully saturated rings. The van der Waals surface area contributed by atoms with Crippen LogP contribution in [-0.4, -0.2) is 10.1 Å². The second-order valence-corrected chi connectivity index (χ2v) is 2.61. The van der Waals surface area contributed by atoms with Crippen molar-refractivity contribution >= 4 is 23.4 Å². The minimum atomic E-state index is -0.226. The molecule has 1 aromatic rings. The molecule has 58 valence electrons. The quantitative estimate of drug-likeness (QED) is 0.638. The minimum Gasteiger partial charge on any atom is -0.397 e. The SMILES string of the molecule is Nc1cccnc1CC(=O)S. The summed E-state index contributed by atoms with van der Waals surface area (Å²) in [5.41, 5.74) is 6.65. The van der Waals surface area contributed by atoms with Crippen molar-refractivity contribution in [2.45, 2.75) is 6.42 Å². The summed E-state index contributed by atoms with van der Waals surface area (Å²) in [5.74, 6) is 0. The van der Waals surface area contributed by atoms with Crippen LogP contribution in [0.2, 0.25) is 0 Å². The van der Waals surface area contributed by atoms with Gasteiger partial charge in [0.2, 0.25) is 0 Å². The second-order valence-electron chi connectivity index (χ2n) is 2.11. The second kappa shape index (κ2) is 3.39. The van der Waals surface area contributed by atoms with E-state index < -0.39 is 0 Å². The van der Waals surface area contributed by atoms with Crippen molar-refractivity contribution in [2.24, 2.45) is 0 Å². The molecule has 1 heterocycles. The lowest BCUT2D eigenvalue weighted by Crippen LogP contribution is -2.01. The van der Waals surface area contributed by atoms with E-state index in [9.17, 15) is 4.79 Å². The topological polar surface area (TPSA) is 56.0 Å². The molecule has 0 aliphatic heterocycles. The number of hydrogen-bond donors (Lipinski definition) is 2. The monoisotopic (exact) mass is 168 g/mol. The summed E-state index contributed by atoms with van der Waals surface area (Å²) in [6.45, 7) is 0. The molecule has 0 aromatic carbocycles. The summed E-state index contributed by atoms with van der Waals surface area (Å²) in [6, 6.07) is 3.43. The average Bonchev–Trinajstić information content (AvgIpc) is 1.93.